The monoisotopic (exact) mass is 389 g/mol. The smallest absolute Gasteiger partial charge is 0.251 e. The highest BCUT2D eigenvalue weighted by Crippen LogP contribution is 2.22. The van der Waals surface area contributed by atoms with Crippen LogP contribution in [0.1, 0.15) is 27.8 Å². The van der Waals surface area contributed by atoms with Gasteiger partial charge in [0.1, 0.15) is 5.82 Å². The van der Waals surface area contributed by atoms with Crippen molar-refractivity contribution in [2.24, 2.45) is 7.05 Å². The molecule has 28 heavy (non-hydrogen) atoms. The molecule has 140 valence electrons. The molecule has 4 nitrogen and oxygen atoms in total. The van der Waals surface area contributed by atoms with Gasteiger partial charge in [0, 0.05) is 24.1 Å². The van der Waals surface area contributed by atoms with Crippen molar-refractivity contribution >= 4 is 28.5 Å². The van der Waals surface area contributed by atoms with E-state index in [0.29, 0.717) is 17.0 Å². The number of amides is 1. The summed E-state index contributed by atoms with van der Waals surface area (Å²) >= 11 is 5.94. The lowest BCUT2D eigenvalue weighted by atomic mass is 10.0. The first-order chi connectivity index (χ1) is 13.6. The molecule has 0 aliphatic carbocycles. The molecule has 0 fully saturated rings. The summed E-state index contributed by atoms with van der Waals surface area (Å²) in [6, 6.07) is 24.7. The number of nitrogens with one attached hydrogen (secondary N) is 1. The van der Waals surface area contributed by atoms with E-state index in [9.17, 15) is 4.79 Å². The van der Waals surface area contributed by atoms with Crippen LogP contribution in [0.15, 0.2) is 78.9 Å². The van der Waals surface area contributed by atoms with E-state index >= 15 is 0 Å². The number of para-hydroxylation sites is 2. The zero-order chi connectivity index (χ0) is 19.5. The van der Waals surface area contributed by atoms with Crippen LogP contribution in [0.2, 0.25) is 5.02 Å². The quantitative estimate of drug-likeness (QED) is 0.525. The third kappa shape index (κ3) is 3.78. The summed E-state index contributed by atoms with van der Waals surface area (Å²) in [5.74, 6) is 0.788. The van der Waals surface area contributed by atoms with E-state index in [0.717, 1.165) is 22.4 Å². The van der Waals surface area contributed by atoms with E-state index in [1.165, 1.54) is 0 Å². The molecule has 5 heteroatoms. The number of rotatable bonds is 5. The Morgan fingerprint density at radius 3 is 2.39 bits per heavy atom. The molecule has 0 unspecified atom stereocenters. The normalized spacial score (nSPS) is 12.1. The molecular weight excluding hydrogens is 370 g/mol. The zero-order valence-electron chi connectivity index (χ0n) is 15.5. The number of halogens is 1. The van der Waals surface area contributed by atoms with E-state index in [4.69, 9.17) is 16.6 Å². The van der Waals surface area contributed by atoms with Gasteiger partial charge < -0.3 is 9.88 Å². The predicted octanol–water partition coefficient (Wildman–Crippen LogP) is 4.94. The summed E-state index contributed by atoms with van der Waals surface area (Å²) in [6.45, 7) is 0. The van der Waals surface area contributed by atoms with E-state index in [1.807, 2.05) is 55.6 Å². The van der Waals surface area contributed by atoms with Crippen LogP contribution in [-0.4, -0.2) is 15.5 Å². The fraction of sp³-hybridized carbons (Fsp3) is 0.130. The first-order valence-electron chi connectivity index (χ1n) is 9.13. The minimum atomic E-state index is -0.195. The Hall–Kier alpha value is -3.11. The number of hydrogen-bond acceptors (Lipinski definition) is 2. The molecule has 0 bridgehead atoms. The largest absolute Gasteiger partial charge is 0.345 e. The fourth-order valence-electron chi connectivity index (χ4n) is 3.34. The molecule has 0 saturated heterocycles. The maximum atomic E-state index is 12.8. The van der Waals surface area contributed by atoms with E-state index in [-0.39, 0.29) is 11.9 Å². The van der Waals surface area contributed by atoms with Crippen LogP contribution in [0.3, 0.4) is 0 Å². The second-order valence-electron chi connectivity index (χ2n) is 6.72. The van der Waals surface area contributed by atoms with Crippen molar-refractivity contribution in [2.45, 2.75) is 12.5 Å². The predicted molar refractivity (Wildman–Crippen MR) is 113 cm³/mol. The second kappa shape index (κ2) is 7.87. The third-order valence-electron chi connectivity index (χ3n) is 4.88. The average Bonchev–Trinajstić information content (AvgIpc) is 3.04. The topological polar surface area (TPSA) is 46.9 Å². The number of carbonyl (C=O) groups is 1. The van der Waals surface area contributed by atoms with Gasteiger partial charge in [0.25, 0.3) is 5.91 Å². The van der Waals surface area contributed by atoms with Gasteiger partial charge >= 0.3 is 0 Å². The average molecular weight is 390 g/mol. The SMILES string of the molecule is Cn1c(C[C@H](NC(=O)c2ccc(Cl)cc2)c2ccccc2)nc2ccccc21. The molecule has 0 aliphatic rings. The molecule has 0 radical (unpaired) electrons. The van der Waals surface area contributed by atoms with E-state index < -0.39 is 0 Å². The Kier molecular flexibility index (Phi) is 5.13. The summed E-state index contributed by atoms with van der Waals surface area (Å²) in [5.41, 5.74) is 3.65. The first-order valence-corrected chi connectivity index (χ1v) is 9.51. The number of aryl methyl sites for hydroxylation is 1. The molecule has 1 amide bonds. The van der Waals surface area contributed by atoms with Crippen LogP contribution in [0, 0.1) is 0 Å². The molecule has 0 saturated carbocycles. The zero-order valence-corrected chi connectivity index (χ0v) is 16.2. The molecule has 1 N–H and O–H groups in total. The van der Waals surface area contributed by atoms with Crippen LogP contribution >= 0.6 is 11.6 Å². The number of fused-ring (bicyclic) bond motifs is 1. The van der Waals surface area contributed by atoms with Gasteiger partial charge in [-0.05, 0) is 42.0 Å². The summed E-state index contributed by atoms with van der Waals surface area (Å²) in [4.78, 5) is 17.6. The summed E-state index contributed by atoms with van der Waals surface area (Å²) in [6.07, 6.45) is 0.592. The fourth-order valence-corrected chi connectivity index (χ4v) is 3.47. The molecule has 1 aromatic heterocycles. The van der Waals surface area contributed by atoms with Crippen LogP contribution in [0.25, 0.3) is 11.0 Å². The van der Waals surface area contributed by atoms with Gasteiger partial charge in [0.2, 0.25) is 0 Å². The van der Waals surface area contributed by atoms with E-state index in [2.05, 4.69) is 16.0 Å². The van der Waals surface area contributed by atoms with Crippen molar-refractivity contribution in [3.05, 3.63) is 101 Å². The number of imidazole rings is 1. The van der Waals surface area contributed by atoms with Crippen LogP contribution in [0.5, 0.6) is 0 Å². The molecular formula is C23H20ClN3O. The minimum absolute atomic E-state index is 0.135. The first kappa shape index (κ1) is 18.3. The van der Waals surface area contributed by atoms with Crippen LogP contribution in [-0.2, 0) is 13.5 Å². The maximum absolute atomic E-state index is 12.8. The standard InChI is InChI=1S/C23H20ClN3O/c1-27-21-10-6-5-9-19(21)25-22(27)15-20(16-7-3-2-4-8-16)26-23(28)17-11-13-18(24)14-12-17/h2-14,20H,15H2,1H3,(H,26,28)/t20-/m0/s1. The minimum Gasteiger partial charge on any atom is -0.345 e. The lowest BCUT2D eigenvalue weighted by Crippen LogP contribution is -2.30. The Labute approximate surface area is 168 Å². The second-order valence-corrected chi connectivity index (χ2v) is 7.16. The van der Waals surface area contributed by atoms with Crippen molar-refractivity contribution in [1.29, 1.82) is 0 Å². The van der Waals surface area contributed by atoms with Crippen molar-refractivity contribution in [3.63, 3.8) is 0 Å². The molecule has 0 aliphatic heterocycles. The van der Waals surface area contributed by atoms with Gasteiger partial charge in [-0.25, -0.2) is 4.98 Å². The lowest BCUT2D eigenvalue weighted by molar-refractivity contribution is 0.0936. The highest BCUT2D eigenvalue weighted by molar-refractivity contribution is 6.30. The molecule has 4 rings (SSSR count). The Morgan fingerprint density at radius 1 is 1.00 bits per heavy atom. The summed E-state index contributed by atoms with van der Waals surface area (Å²) in [5, 5.41) is 3.76. The van der Waals surface area contributed by atoms with E-state index in [1.54, 1.807) is 24.3 Å². The van der Waals surface area contributed by atoms with Crippen molar-refractivity contribution in [2.75, 3.05) is 0 Å². The lowest BCUT2D eigenvalue weighted by Gasteiger charge is -2.19. The van der Waals surface area contributed by atoms with Crippen LogP contribution < -0.4 is 5.32 Å². The van der Waals surface area contributed by atoms with Gasteiger partial charge in [0.15, 0.2) is 0 Å². The third-order valence-corrected chi connectivity index (χ3v) is 5.13. The summed E-state index contributed by atoms with van der Waals surface area (Å²) in [7, 11) is 2.01. The van der Waals surface area contributed by atoms with Gasteiger partial charge in [-0.15, -0.1) is 0 Å². The summed E-state index contributed by atoms with van der Waals surface area (Å²) < 4.78 is 2.08. The maximum Gasteiger partial charge on any atom is 0.251 e. The molecule has 1 heterocycles. The number of carbonyl (C=O) groups excluding carboxylic acids is 1. The van der Waals surface area contributed by atoms with Gasteiger partial charge in [-0.2, -0.15) is 0 Å². The number of benzene rings is 3. The number of hydrogen-bond donors (Lipinski definition) is 1. The Bertz CT molecular complexity index is 1100. The molecule has 4 aromatic rings. The Balaban J connectivity index is 1.64. The van der Waals surface area contributed by atoms with Gasteiger partial charge in [-0.3, -0.25) is 4.79 Å². The van der Waals surface area contributed by atoms with Crippen molar-refractivity contribution in [3.8, 4) is 0 Å². The van der Waals surface area contributed by atoms with Crippen LogP contribution in [0.4, 0.5) is 0 Å². The van der Waals surface area contributed by atoms with Crippen molar-refractivity contribution in [1.82, 2.24) is 14.9 Å². The molecule has 1 atom stereocenters. The number of nitrogens with zero attached hydrogens (tertiary/aromatic N) is 2. The molecule has 3 aromatic carbocycles. The number of aromatic nitrogens is 2. The van der Waals surface area contributed by atoms with Gasteiger partial charge in [-0.1, -0.05) is 54.1 Å². The van der Waals surface area contributed by atoms with Crippen molar-refractivity contribution < 1.29 is 4.79 Å². The Morgan fingerprint density at radius 2 is 1.68 bits per heavy atom. The highest BCUT2D eigenvalue weighted by Gasteiger charge is 2.19. The van der Waals surface area contributed by atoms with Gasteiger partial charge in [0.05, 0.1) is 17.1 Å². The highest BCUT2D eigenvalue weighted by atomic mass is 35.5. The molecule has 0 spiro atoms.